The molecule has 0 rings (SSSR count). The van der Waals surface area contributed by atoms with E-state index >= 15 is 0 Å². The fourth-order valence-electron chi connectivity index (χ4n) is 9.35. The summed E-state index contributed by atoms with van der Waals surface area (Å²) in [5, 5.41) is 33.5. The second-order valence-corrected chi connectivity index (χ2v) is 20.6. The number of hydrogen-bond acceptors (Lipinski definition) is 4. The highest BCUT2D eigenvalue weighted by Gasteiger charge is 2.20. The summed E-state index contributed by atoms with van der Waals surface area (Å²) in [5.41, 5.74) is 0. The van der Waals surface area contributed by atoms with Crippen LogP contribution in [0.15, 0.2) is 36.5 Å². The predicted octanol–water partition coefficient (Wildman–Crippen LogP) is 18.6. The van der Waals surface area contributed by atoms with Crippen molar-refractivity contribution in [1.82, 2.24) is 5.32 Å². The zero-order chi connectivity index (χ0) is 47.9. The van der Waals surface area contributed by atoms with Crippen LogP contribution in [0.3, 0.4) is 0 Å². The highest BCUT2D eigenvalue weighted by Crippen LogP contribution is 2.17. The van der Waals surface area contributed by atoms with E-state index < -0.39 is 18.2 Å². The Bertz CT molecular complexity index is 1020. The van der Waals surface area contributed by atoms with Gasteiger partial charge in [0.2, 0.25) is 5.91 Å². The normalized spacial score (nSPS) is 13.5. The molecule has 390 valence electrons. The van der Waals surface area contributed by atoms with Crippen LogP contribution < -0.4 is 5.32 Å². The minimum Gasteiger partial charge on any atom is -0.394 e. The molecule has 0 fully saturated rings. The highest BCUT2D eigenvalue weighted by molar-refractivity contribution is 5.76. The van der Waals surface area contributed by atoms with Gasteiger partial charge in [-0.05, 0) is 57.8 Å². The van der Waals surface area contributed by atoms with Crippen molar-refractivity contribution in [2.45, 2.75) is 340 Å². The average Bonchev–Trinajstić information content (AvgIpc) is 3.31. The predicted molar refractivity (Wildman–Crippen MR) is 291 cm³/mol. The van der Waals surface area contributed by atoms with Crippen LogP contribution in [0, 0.1) is 0 Å². The molecule has 5 heteroatoms. The van der Waals surface area contributed by atoms with Crippen molar-refractivity contribution < 1.29 is 20.1 Å². The fraction of sp³-hybridized carbons (Fsp3) is 0.885. The van der Waals surface area contributed by atoms with Gasteiger partial charge in [0.1, 0.15) is 0 Å². The summed E-state index contributed by atoms with van der Waals surface area (Å²) in [6.07, 6.45) is 73.5. The molecule has 66 heavy (non-hydrogen) atoms. The Kier molecular flexibility index (Phi) is 54.9. The molecule has 0 saturated carbocycles. The third-order valence-electron chi connectivity index (χ3n) is 13.9. The number of nitrogens with one attached hydrogen (secondary N) is 1. The van der Waals surface area contributed by atoms with E-state index in [1.807, 2.05) is 6.08 Å². The van der Waals surface area contributed by atoms with Crippen LogP contribution in [0.5, 0.6) is 0 Å². The van der Waals surface area contributed by atoms with E-state index in [0.717, 1.165) is 32.1 Å². The van der Waals surface area contributed by atoms with Crippen molar-refractivity contribution in [1.29, 1.82) is 0 Å². The van der Waals surface area contributed by atoms with E-state index in [1.54, 1.807) is 6.08 Å². The number of hydrogen-bond donors (Lipinski definition) is 4. The van der Waals surface area contributed by atoms with Crippen LogP contribution in [0.25, 0.3) is 0 Å². The van der Waals surface area contributed by atoms with Gasteiger partial charge in [0, 0.05) is 0 Å². The van der Waals surface area contributed by atoms with Gasteiger partial charge < -0.3 is 20.6 Å². The molecule has 0 aliphatic carbocycles. The first kappa shape index (κ1) is 64.6. The molecule has 3 atom stereocenters. The standard InChI is InChI=1S/C61H117NO4/c1-3-5-7-9-11-13-15-17-19-21-23-25-27-29-31-32-34-36-38-40-42-44-46-48-50-52-54-58(64)56-61(66)62-59(57-63)60(65)55-53-51-49-47-45-43-41-39-37-35-33-30-28-26-24-22-20-18-16-14-12-10-8-6-4-2/h29,31,45,47,53,55,58-60,63-65H,3-28,30,32-44,46,48-52,54,56-57H2,1-2H3,(H,62,66)/b31-29-,47-45+,55-53+. The molecule has 5 nitrogen and oxygen atoms in total. The van der Waals surface area contributed by atoms with E-state index in [1.165, 1.54) is 263 Å². The van der Waals surface area contributed by atoms with E-state index in [-0.39, 0.29) is 18.9 Å². The maximum Gasteiger partial charge on any atom is 0.222 e. The molecule has 4 N–H and O–H groups in total. The van der Waals surface area contributed by atoms with Crippen LogP contribution in [0.4, 0.5) is 0 Å². The van der Waals surface area contributed by atoms with Gasteiger partial charge in [0.05, 0.1) is 31.3 Å². The van der Waals surface area contributed by atoms with Gasteiger partial charge in [-0.1, -0.05) is 294 Å². The number of carbonyl (C=O) groups excluding carboxylic acids is 1. The van der Waals surface area contributed by atoms with E-state index in [4.69, 9.17) is 0 Å². The highest BCUT2D eigenvalue weighted by atomic mass is 16.3. The second kappa shape index (κ2) is 56.2. The third kappa shape index (κ3) is 52.0. The lowest BCUT2D eigenvalue weighted by Crippen LogP contribution is -2.45. The second-order valence-electron chi connectivity index (χ2n) is 20.6. The van der Waals surface area contributed by atoms with Crippen molar-refractivity contribution in [3.63, 3.8) is 0 Å². The van der Waals surface area contributed by atoms with Gasteiger partial charge in [-0.2, -0.15) is 0 Å². The Labute approximate surface area is 413 Å². The molecular formula is C61H117NO4. The molecule has 0 radical (unpaired) electrons. The zero-order valence-corrected chi connectivity index (χ0v) is 44.6. The Hall–Kier alpha value is -1.43. The molecule has 3 unspecified atom stereocenters. The van der Waals surface area contributed by atoms with Crippen LogP contribution >= 0.6 is 0 Å². The number of amides is 1. The molecule has 0 aromatic carbocycles. The first-order valence-electron chi connectivity index (χ1n) is 29.8. The average molecular weight is 929 g/mol. The van der Waals surface area contributed by atoms with Crippen LogP contribution in [-0.2, 0) is 4.79 Å². The quantitative estimate of drug-likeness (QED) is 0.0361. The number of aliphatic hydroxyl groups is 3. The lowest BCUT2D eigenvalue weighted by molar-refractivity contribution is -0.124. The summed E-state index contributed by atoms with van der Waals surface area (Å²) in [6, 6.07) is -0.763. The zero-order valence-electron chi connectivity index (χ0n) is 44.6. The van der Waals surface area contributed by atoms with Crippen LogP contribution in [0.2, 0.25) is 0 Å². The number of unbranched alkanes of at least 4 members (excludes halogenated alkanes) is 42. The van der Waals surface area contributed by atoms with Crippen molar-refractivity contribution in [2.75, 3.05) is 6.61 Å². The molecule has 0 aliphatic rings. The van der Waals surface area contributed by atoms with Crippen LogP contribution in [0.1, 0.15) is 322 Å². The Morgan fingerprint density at radius 2 is 0.652 bits per heavy atom. The number of rotatable bonds is 55. The number of carbonyl (C=O) groups is 1. The summed E-state index contributed by atoms with van der Waals surface area (Å²) >= 11 is 0. The third-order valence-corrected chi connectivity index (χ3v) is 13.9. The van der Waals surface area contributed by atoms with E-state index in [2.05, 4.69) is 43.5 Å². The topological polar surface area (TPSA) is 89.8 Å². The lowest BCUT2D eigenvalue weighted by Gasteiger charge is -2.21. The maximum atomic E-state index is 12.5. The van der Waals surface area contributed by atoms with Crippen molar-refractivity contribution in [2.24, 2.45) is 0 Å². The minimum absolute atomic E-state index is 0.00642. The molecule has 0 aromatic rings. The Morgan fingerprint density at radius 1 is 0.379 bits per heavy atom. The van der Waals surface area contributed by atoms with Gasteiger partial charge in [-0.15, -0.1) is 0 Å². The maximum absolute atomic E-state index is 12.5. The molecule has 1 amide bonds. The van der Waals surface area contributed by atoms with Gasteiger partial charge in [0.25, 0.3) is 0 Å². The van der Waals surface area contributed by atoms with Crippen molar-refractivity contribution in [3.8, 4) is 0 Å². The first-order chi connectivity index (χ1) is 32.5. The van der Waals surface area contributed by atoms with Crippen molar-refractivity contribution >= 4 is 5.91 Å². The summed E-state index contributed by atoms with van der Waals surface area (Å²) in [7, 11) is 0. The van der Waals surface area contributed by atoms with Crippen LogP contribution in [-0.4, -0.2) is 46.1 Å². The van der Waals surface area contributed by atoms with E-state index in [0.29, 0.717) is 6.42 Å². The Morgan fingerprint density at radius 3 is 0.970 bits per heavy atom. The van der Waals surface area contributed by atoms with Gasteiger partial charge in [-0.3, -0.25) is 4.79 Å². The number of allylic oxidation sites excluding steroid dienone is 5. The minimum atomic E-state index is -0.953. The fourth-order valence-corrected chi connectivity index (χ4v) is 9.35. The lowest BCUT2D eigenvalue weighted by atomic mass is 10.0. The summed E-state index contributed by atoms with van der Waals surface area (Å²) in [4.78, 5) is 12.5. The van der Waals surface area contributed by atoms with E-state index in [9.17, 15) is 20.1 Å². The molecule has 0 spiro atoms. The van der Waals surface area contributed by atoms with Gasteiger partial charge >= 0.3 is 0 Å². The summed E-state index contributed by atoms with van der Waals surface area (Å²) < 4.78 is 0. The number of aliphatic hydroxyl groups excluding tert-OH is 3. The van der Waals surface area contributed by atoms with Gasteiger partial charge in [-0.25, -0.2) is 0 Å². The molecule has 0 bridgehead atoms. The Balaban J connectivity index is 3.58. The van der Waals surface area contributed by atoms with Gasteiger partial charge in [0.15, 0.2) is 0 Å². The summed E-state index contributed by atoms with van der Waals surface area (Å²) in [6.45, 7) is 4.24. The molecule has 0 aliphatic heterocycles. The summed E-state index contributed by atoms with van der Waals surface area (Å²) in [5.74, 6) is -0.322. The molecule has 0 heterocycles. The molecule has 0 saturated heterocycles. The molecular weight excluding hydrogens is 811 g/mol. The van der Waals surface area contributed by atoms with Crippen molar-refractivity contribution in [3.05, 3.63) is 36.5 Å². The molecule has 0 aromatic heterocycles. The first-order valence-corrected chi connectivity index (χ1v) is 29.8. The largest absolute Gasteiger partial charge is 0.394 e. The monoisotopic (exact) mass is 928 g/mol. The smallest absolute Gasteiger partial charge is 0.222 e. The SMILES string of the molecule is CCCCCCCCCCCCCC/C=C\CCCCCCCCCCCCC(O)CC(=O)NC(CO)C(O)/C=C/CC/C=C/CCCCCCCCCCCCCCCCCCCCC.